The van der Waals surface area contributed by atoms with E-state index in [1.165, 1.54) is 35.2 Å². The van der Waals surface area contributed by atoms with Gasteiger partial charge in [0, 0.05) is 51.1 Å². The molecule has 3 amide bonds. The monoisotopic (exact) mass is 744 g/mol. The Morgan fingerprint density at radius 3 is 2.20 bits per heavy atom. The molecule has 280 valence electrons. The Bertz CT molecular complexity index is 2220. The van der Waals surface area contributed by atoms with Crippen molar-refractivity contribution in [1.29, 1.82) is 0 Å². The number of carbonyl (C=O) groups is 3. The molecule has 0 radical (unpaired) electrons. The second kappa shape index (κ2) is 17.3. The van der Waals surface area contributed by atoms with Crippen molar-refractivity contribution in [1.82, 2.24) is 30.6 Å². The molecule has 1 aliphatic rings. The number of hydrogen-bond acceptors (Lipinski definition) is 7. The van der Waals surface area contributed by atoms with Crippen molar-refractivity contribution >= 4 is 28.5 Å². The van der Waals surface area contributed by atoms with E-state index in [2.05, 4.69) is 20.8 Å². The van der Waals surface area contributed by atoms with E-state index in [0.29, 0.717) is 28.6 Å². The molecular formula is C39H36F4N6O5. The van der Waals surface area contributed by atoms with Crippen molar-refractivity contribution in [2.24, 2.45) is 0 Å². The number of nitrogens with one attached hydrogen (secondary N) is 3. The number of amides is 3. The number of H-pyrrole nitrogens is 1. The van der Waals surface area contributed by atoms with Crippen molar-refractivity contribution in [3.05, 3.63) is 135 Å². The molecule has 3 N–H and O–H groups in total. The first-order chi connectivity index (χ1) is 26.1. The summed E-state index contributed by atoms with van der Waals surface area (Å²) in [5.41, 5.74) is 0.441. The molecule has 11 nitrogen and oxygen atoms in total. The number of hydrogen-bond donors (Lipinski definition) is 3. The minimum Gasteiger partial charge on any atom is -0.378 e. The molecule has 5 aromatic rings. The zero-order valence-corrected chi connectivity index (χ0v) is 29.0. The van der Waals surface area contributed by atoms with Gasteiger partial charge in [0.05, 0.1) is 36.4 Å². The highest BCUT2D eigenvalue weighted by Crippen LogP contribution is 2.25. The molecule has 4 aromatic carbocycles. The van der Waals surface area contributed by atoms with Gasteiger partial charge in [-0.2, -0.15) is 5.10 Å². The lowest BCUT2D eigenvalue weighted by molar-refractivity contribution is -0.131. The quantitative estimate of drug-likeness (QED) is 0.122. The molecule has 1 fully saturated rings. The van der Waals surface area contributed by atoms with Crippen LogP contribution in [0.25, 0.3) is 21.9 Å². The molecule has 1 aliphatic heterocycles. The van der Waals surface area contributed by atoms with Gasteiger partial charge in [0.2, 0.25) is 5.91 Å². The zero-order chi connectivity index (χ0) is 38.2. The van der Waals surface area contributed by atoms with Crippen LogP contribution in [0.15, 0.2) is 83.7 Å². The lowest BCUT2D eigenvalue weighted by Gasteiger charge is -2.35. The number of halogens is 4. The number of carbonyl (C=O) groups excluding carboxylic acids is 3. The molecule has 15 heteroatoms. The number of ether oxygens (including phenoxy) is 1. The average Bonchev–Trinajstić information content (AvgIpc) is 3.17. The minimum atomic E-state index is -1.08. The molecule has 1 saturated heterocycles. The van der Waals surface area contributed by atoms with Crippen LogP contribution in [-0.4, -0.2) is 96.7 Å². The Morgan fingerprint density at radius 1 is 0.759 bits per heavy atom. The summed E-state index contributed by atoms with van der Waals surface area (Å²) in [7, 11) is 0. The topological polar surface area (TPSA) is 137 Å². The number of fused-ring (bicyclic) bond motifs is 1. The van der Waals surface area contributed by atoms with Gasteiger partial charge in [-0.3, -0.25) is 19.2 Å². The molecule has 0 unspecified atom stereocenters. The first-order valence-corrected chi connectivity index (χ1v) is 17.2. The molecule has 2 heterocycles. The number of piperazine rings is 1. The van der Waals surface area contributed by atoms with E-state index >= 15 is 0 Å². The fourth-order valence-electron chi connectivity index (χ4n) is 6.18. The standard InChI is InChI=1S/C39H36F4N6O5/c40-27-5-3-4-25(20-27)26-21-32(42)36(33(43)22-26)38(52)45-11-17-54-16-10-44-23-35(50)48-12-14-49(15-13-48)39(53)30-18-24(8-9-31(30)41)19-34-28-6-1-2-7-29(28)37(51)47-46-34/h1-9,18,20-22,44H,10-17,19,23H2,(H,45,52)(H,47,51). The predicted molar refractivity (Wildman–Crippen MR) is 192 cm³/mol. The average molecular weight is 745 g/mol. The van der Waals surface area contributed by atoms with Crippen molar-refractivity contribution in [2.45, 2.75) is 6.42 Å². The van der Waals surface area contributed by atoms with Crippen LogP contribution in [0.2, 0.25) is 0 Å². The molecule has 0 atom stereocenters. The van der Waals surface area contributed by atoms with Gasteiger partial charge in [-0.05, 0) is 59.2 Å². The van der Waals surface area contributed by atoms with Crippen LogP contribution in [0.1, 0.15) is 32.0 Å². The number of rotatable bonds is 13. The van der Waals surface area contributed by atoms with Crippen LogP contribution in [-0.2, 0) is 16.0 Å². The van der Waals surface area contributed by atoms with Gasteiger partial charge in [-0.1, -0.05) is 36.4 Å². The van der Waals surface area contributed by atoms with Crippen LogP contribution >= 0.6 is 0 Å². The van der Waals surface area contributed by atoms with Crippen molar-refractivity contribution < 1.29 is 36.7 Å². The van der Waals surface area contributed by atoms with Gasteiger partial charge < -0.3 is 25.2 Å². The molecule has 6 rings (SSSR count). The van der Waals surface area contributed by atoms with Crippen LogP contribution in [0.5, 0.6) is 0 Å². The molecule has 0 saturated carbocycles. The molecule has 0 spiro atoms. The van der Waals surface area contributed by atoms with Crippen LogP contribution in [0, 0.1) is 23.3 Å². The Balaban J connectivity index is 0.889. The zero-order valence-electron chi connectivity index (χ0n) is 29.0. The van der Waals surface area contributed by atoms with Crippen molar-refractivity contribution in [2.75, 3.05) is 59.0 Å². The van der Waals surface area contributed by atoms with Gasteiger partial charge in [-0.15, -0.1) is 0 Å². The maximum absolute atomic E-state index is 14.9. The Morgan fingerprint density at radius 2 is 1.46 bits per heavy atom. The molecule has 1 aromatic heterocycles. The van der Waals surface area contributed by atoms with Crippen LogP contribution in [0.3, 0.4) is 0 Å². The maximum Gasteiger partial charge on any atom is 0.272 e. The molecular weight excluding hydrogens is 708 g/mol. The number of nitrogens with zero attached hydrogens (tertiary/aromatic N) is 3. The van der Waals surface area contributed by atoms with Gasteiger partial charge in [0.25, 0.3) is 17.4 Å². The summed E-state index contributed by atoms with van der Waals surface area (Å²) in [6.07, 6.45) is 0.271. The Hall–Kier alpha value is -5.93. The predicted octanol–water partition coefficient (Wildman–Crippen LogP) is 4.06. The fraction of sp³-hybridized carbons (Fsp3) is 0.256. The van der Waals surface area contributed by atoms with Gasteiger partial charge >= 0.3 is 0 Å². The van der Waals surface area contributed by atoms with E-state index in [1.54, 1.807) is 35.2 Å². The van der Waals surface area contributed by atoms with Crippen molar-refractivity contribution in [3.63, 3.8) is 0 Å². The van der Waals surface area contributed by atoms with E-state index in [9.17, 15) is 36.7 Å². The number of aromatic amines is 1. The highest BCUT2D eigenvalue weighted by Gasteiger charge is 2.27. The summed E-state index contributed by atoms with van der Waals surface area (Å²) in [6.45, 7) is 1.52. The second-order valence-electron chi connectivity index (χ2n) is 12.6. The Labute approximate surface area is 306 Å². The summed E-state index contributed by atoms with van der Waals surface area (Å²) in [4.78, 5) is 53.7. The second-order valence-corrected chi connectivity index (χ2v) is 12.6. The first-order valence-electron chi connectivity index (χ1n) is 17.2. The molecule has 54 heavy (non-hydrogen) atoms. The molecule has 0 bridgehead atoms. The summed E-state index contributed by atoms with van der Waals surface area (Å²) in [6, 6.07) is 18.5. The van der Waals surface area contributed by atoms with Crippen molar-refractivity contribution in [3.8, 4) is 11.1 Å². The summed E-state index contributed by atoms with van der Waals surface area (Å²) in [5.74, 6) is -5.02. The van der Waals surface area contributed by atoms with Crippen LogP contribution < -0.4 is 16.2 Å². The minimum absolute atomic E-state index is 0.0162. The third-order valence-electron chi connectivity index (χ3n) is 8.99. The van der Waals surface area contributed by atoms with E-state index in [1.807, 2.05) is 0 Å². The summed E-state index contributed by atoms with van der Waals surface area (Å²) < 4.78 is 63.0. The normalized spacial score (nSPS) is 13.0. The van der Waals surface area contributed by atoms with E-state index in [4.69, 9.17) is 4.74 Å². The SMILES string of the molecule is O=C(NCCOCCNCC(=O)N1CCN(C(=O)c2cc(Cc3n[nH]c(=O)c4ccccc34)ccc2F)CC1)c1c(F)cc(-c2cccc(F)c2)cc1F. The first kappa shape index (κ1) is 37.8. The van der Waals surface area contributed by atoms with E-state index in [-0.39, 0.29) is 87.1 Å². The fourth-order valence-corrected chi connectivity index (χ4v) is 6.18. The highest BCUT2D eigenvalue weighted by atomic mass is 19.1. The highest BCUT2D eigenvalue weighted by molar-refractivity contribution is 5.96. The largest absolute Gasteiger partial charge is 0.378 e. The lowest BCUT2D eigenvalue weighted by atomic mass is 10.0. The third kappa shape index (κ3) is 8.98. The summed E-state index contributed by atoms with van der Waals surface area (Å²) >= 11 is 0. The van der Waals surface area contributed by atoms with Gasteiger partial charge in [-0.25, -0.2) is 22.7 Å². The third-order valence-corrected chi connectivity index (χ3v) is 8.99. The van der Waals surface area contributed by atoms with E-state index < -0.39 is 40.6 Å². The van der Waals surface area contributed by atoms with Gasteiger partial charge in [0.15, 0.2) is 0 Å². The molecule has 0 aliphatic carbocycles. The smallest absolute Gasteiger partial charge is 0.272 e. The summed E-state index contributed by atoms with van der Waals surface area (Å²) in [5, 5.41) is 13.2. The maximum atomic E-state index is 14.9. The van der Waals surface area contributed by atoms with E-state index in [0.717, 1.165) is 18.2 Å². The van der Waals surface area contributed by atoms with Crippen LogP contribution in [0.4, 0.5) is 17.6 Å². The number of aromatic nitrogens is 2. The van der Waals surface area contributed by atoms with Gasteiger partial charge in [0.1, 0.15) is 28.8 Å². The lowest BCUT2D eigenvalue weighted by Crippen LogP contribution is -2.52. The Kier molecular flexibility index (Phi) is 12.1. The number of benzene rings is 4.